The van der Waals surface area contributed by atoms with E-state index in [9.17, 15) is 4.79 Å². The highest BCUT2D eigenvalue weighted by Gasteiger charge is 2.22. The Morgan fingerprint density at radius 1 is 1.19 bits per heavy atom. The van der Waals surface area contributed by atoms with Gasteiger partial charge in [0.25, 0.3) is 0 Å². The lowest BCUT2D eigenvalue weighted by atomic mass is 9.93. The van der Waals surface area contributed by atoms with Crippen LogP contribution in [0.3, 0.4) is 0 Å². The summed E-state index contributed by atoms with van der Waals surface area (Å²) in [6.07, 6.45) is 1.02. The quantitative estimate of drug-likeness (QED) is 0.456. The number of carbonyl (C=O) groups is 1. The van der Waals surface area contributed by atoms with Crippen LogP contribution in [0.25, 0.3) is 0 Å². The molecule has 0 saturated heterocycles. The maximum absolute atomic E-state index is 11.3. The van der Waals surface area contributed by atoms with Gasteiger partial charge >= 0.3 is 0 Å². The van der Waals surface area contributed by atoms with Gasteiger partial charge in [-0.2, -0.15) is 0 Å². The van der Waals surface area contributed by atoms with Gasteiger partial charge in [0, 0.05) is 0 Å². The Labute approximate surface area is 135 Å². The van der Waals surface area contributed by atoms with Gasteiger partial charge in [0.1, 0.15) is 5.78 Å². The number of nitrogens with zero attached hydrogens (tertiary/aromatic N) is 1. The molecule has 16 heavy (non-hydrogen) atoms. The van der Waals surface area contributed by atoms with Crippen molar-refractivity contribution in [2.24, 2.45) is 11.8 Å². The molecule has 0 aliphatic rings. The van der Waals surface area contributed by atoms with Crippen LogP contribution < -0.4 is 30.1 Å². The number of carbonyl (C=O) groups excluding carboxylic acids is 1. The fraction of sp³-hybridized carbons (Fsp3) is 0.909. The zero-order valence-corrected chi connectivity index (χ0v) is 15.9. The lowest BCUT2D eigenvalue weighted by Crippen LogP contribution is -3.00. The van der Waals surface area contributed by atoms with Gasteiger partial charge in [0.2, 0.25) is 0 Å². The third-order valence-corrected chi connectivity index (χ3v) is 2.10. The number of quaternary nitrogens is 1. The first-order valence-corrected chi connectivity index (χ1v) is 5.03. The standard InChI is InChI=1S/C11H24NO.2HI.H3N/c1-9(2)7-11(10(3)13)8-12(4,5)6;;;/h9,11H,7-8H2,1-6H3;2*1H;1H3/q+1;;;/p-1. The van der Waals surface area contributed by atoms with Crippen molar-refractivity contribution in [2.45, 2.75) is 27.2 Å². The Morgan fingerprint density at radius 3 is 1.75 bits per heavy atom. The molecule has 0 aliphatic heterocycles. The second-order valence-corrected chi connectivity index (χ2v) is 5.41. The molecular formula is C11H28I2N2O. The molecule has 0 radical (unpaired) electrons. The summed E-state index contributed by atoms with van der Waals surface area (Å²) in [4.78, 5) is 11.3. The molecule has 3 nitrogen and oxygen atoms in total. The van der Waals surface area contributed by atoms with Gasteiger partial charge in [-0.15, -0.1) is 24.0 Å². The minimum atomic E-state index is 0. The van der Waals surface area contributed by atoms with Gasteiger partial charge in [0.15, 0.2) is 0 Å². The van der Waals surface area contributed by atoms with Crippen molar-refractivity contribution in [3.8, 4) is 0 Å². The second-order valence-electron chi connectivity index (χ2n) is 5.41. The molecule has 1 atom stereocenters. The lowest BCUT2D eigenvalue weighted by molar-refractivity contribution is -0.872. The monoisotopic (exact) mass is 458 g/mol. The van der Waals surface area contributed by atoms with Crippen LogP contribution in [-0.4, -0.2) is 38.0 Å². The van der Waals surface area contributed by atoms with Crippen LogP contribution in [0.4, 0.5) is 0 Å². The summed E-state index contributed by atoms with van der Waals surface area (Å²) >= 11 is 0. The van der Waals surface area contributed by atoms with E-state index in [0.29, 0.717) is 11.7 Å². The summed E-state index contributed by atoms with van der Waals surface area (Å²) in [7, 11) is 6.41. The number of ketones is 1. The van der Waals surface area contributed by atoms with E-state index < -0.39 is 0 Å². The van der Waals surface area contributed by atoms with Gasteiger partial charge < -0.3 is 34.6 Å². The second kappa shape index (κ2) is 11.2. The summed E-state index contributed by atoms with van der Waals surface area (Å²) < 4.78 is 0.872. The summed E-state index contributed by atoms with van der Waals surface area (Å²) in [5.41, 5.74) is 0. The Bertz CT molecular complexity index is 179. The normalized spacial score (nSPS) is 11.9. The molecule has 0 fully saturated rings. The number of hydrogen-bond acceptors (Lipinski definition) is 2. The van der Waals surface area contributed by atoms with Crippen molar-refractivity contribution < 1.29 is 33.3 Å². The molecule has 0 amide bonds. The topological polar surface area (TPSA) is 52.1 Å². The van der Waals surface area contributed by atoms with Gasteiger partial charge in [-0.05, 0) is 19.3 Å². The predicted molar refractivity (Wildman–Crippen MR) is 77.0 cm³/mol. The highest BCUT2D eigenvalue weighted by molar-refractivity contribution is 14.0. The summed E-state index contributed by atoms with van der Waals surface area (Å²) in [6, 6.07) is 0. The summed E-state index contributed by atoms with van der Waals surface area (Å²) in [5.74, 6) is 1.18. The molecule has 102 valence electrons. The molecule has 0 aliphatic carbocycles. The first-order valence-electron chi connectivity index (χ1n) is 5.03. The number of hydrogen-bond donors (Lipinski definition) is 1. The number of rotatable bonds is 5. The fourth-order valence-electron chi connectivity index (χ4n) is 1.60. The van der Waals surface area contributed by atoms with Crippen molar-refractivity contribution >= 4 is 29.8 Å². The molecular weight excluding hydrogens is 430 g/mol. The zero-order valence-electron chi connectivity index (χ0n) is 11.4. The van der Waals surface area contributed by atoms with Gasteiger partial charge in [0.05, 0.1) is 33.6 Å². The maximum Gasteiger partial charge on any atom is 0.138 e. The SMILES string of the molecule is CC(=O)C(CC(C)C)C[N+](C)(C)C.I.N.[I-]. The fourth-order valence-corrected chi connectivity index (χ4v) is 1.60. The van der Waals surface area contributed by atoms with Crippen LogP contribution in [0.2, 0.25) is 0 Å². The third-order valence-electron chi connectivity index (χ3n) is 2.10. The molecule has 0 aromatic carbocycles. The van der Waals surface area contributed by atoms with E-state index in [2.05, 4.69) is 35.0 Å². The largest absolute Gasteiger partial charge is 1.00 e. The first kappa shape index (κ1) is 25.8. The average molecular weight is 458 g/mol. The summed E-state index contributed by atoms with van der Waals surface area (Å²) in [6.45, 7) is 7.01. The lowest BCUT2D eigenvalue weighted by Gasteiger charge is -2.28. The maximum atomic E-state index is 11.3. The van der Waals surface area contributed by atoms with E-state index >= 15 is 0 Å². The van der Waals surface area contributed by atoms with E-state index in [1.54, 1.807) is 6.92 Å². The van der Waals surface area contributed by atoms with E-state index in [1.165, 1.54) is 0 Å². The average Bonchev–Trinajstić information content (AvgIpc) is 1.81. The Morgan fingerprint density at radius 2 is 1.56 bits per heavy atom. The van der Waals surface area contributed by atoms with Crippen molar-refractivity contribution in [2.75, 3.05) is 27.7 Å². The van der Waals surface area contributed by atoms with Crippen molar-refractivity contribution in [3.05, 3.63) is 0 Å². The molecule has 1 unspecified atom stereocenters. The molecule has 0 aromatic rings. The molecule has 0 bridgehead atoms. The molecule has 0 saturated carbocycles. The van der Waals surface area contributed by atoms with E-state index in [0.717, 1.165) is 17.4 Å². The first-order chi connectivity index (χ1) is 5.72. The van der Waals surface area contributed by atoms with Gasteiger partial charge in [-0.3, -0.25) is 4.79 Å². The molecule has 0 spiro atoms. The van der Waals surface area contributed by atoms with Crippen LogP contribution in [0.15, 0.2) is 0 Å². The Balaban J connectivity index is -0.000000240. The van der Waals surface area contributed by atoms with Crippen LogP contribution in [-0.2, 0) is 4.79 Å². The van der Waals surface area contributed by atoms with E-state index in [4.69, 9.17) is 0 Å². The van der Waals surface area contributed by atoms with Crippen molar-refractivity contribution in [3.63, 3.8) is 0 Å². The molecule has 0 rings (SSSR count). The molecule has 0 heterocycles. The highest BCUT2D eigenvalue weighted by atomic mass is 127. The molecule has 5 heteroatoms. The number of halogens is 2. The minimum Gasteiger partial charge on any atom is -1.00 e. The Kier molecular flexibility index (Phi) is 18.0. The number of Topliss-reactive ketones (excluding diaryl/α,β-unsaturated/α-hetero) is 1. The van der Waals surface area contributed by atoms with Crippen LogP contribution >= 0.6 is 24.0 Å². The molecule has 0 aromatic heterocycles. The molecule has 3 N–H and O–H groups in total. The smallest absolute Gasteiger partial charge is 0.138 e. The predicted octanol–water partition coefficient (Wildman–Crippen LogP) is -0.272. The van der Waals surface area contributed by atoms with Crippen molar-refractivity contribution in [1.82, 2.24) is 6.15 Å². The highest BCUT2D eigenvalue weighted by Crippen LogP contribution is 2.15. The van der Waals surface area contributed by atoms with Crippen LogP contribution in [0, 0.1) is 11.8 Å². The summed E-state index contributed by atoms with van der Waals surface area (Å²) in [5, 5.41) is 0. The van der Waals surface area contributed by atoms with Gasteiger partial charge in [-0.1, -0.05) is 13.8 Å². The van der Waals surface area contributed by atoms with Crippen LogP contribution in [0.1, 0.15) is 27.2 Å². The third kappa shape index (κ3) is 15.0. The van der Waals surface area contributed by atoms with Crippen LogP contribution in [0.5, 0.6) is 0 Å². The van der Waals surface area contributed by atoms with Crippen molar-refractivity contribution in [1.29, 1.82) is 0 Å². The zero-order chi connectivity index (χ0) is 10.6. The Hall–Kier alpha value is 1.05. The van der Waals surface area contributed by atoms with E-state index in [-0.39, 0.29) is 60.0 Å². The van der Waals surface area contributed by atoms with Gasteiger partial charge in [-0.25, -0.2) is 0 Å². The minimum absolute atomic E-state index is 0. The van der Waals surface area contributed by atoms with E-state index in [1.807, 2.05) is 0 Å².